The van der Waals surface area contributed by atoms with Crippen molar-refractivity contribution in [3.63, 3.8) is 0 Å². The second kappa shape index (κ2) is 6.36. The highest BCUT2D eigenvalue weighted by molar-refractivity contribution is 7.91. The van der Waals surface area contributed by atoms with Crippen LogP contribution in [0.15, 0.2) is 15.7 Å². The average Bonchev–Trinajstić information content (AvgIpc) is 2.98. The molecule has 2 atom stereocenters. The first-order valence-corrected chi connectivity index (χ1v) is 10.2. The van der Waals surface area contributed by atoms with Crippen LogP contribution in [0.25, 0.3) is 0 Å². The molecule has 2 fully saturated rings. The average molecular weight is 329 g/mol. The van der Waals surface area contributed by atoms with Crippen LogP contribution in [0, 0.1) is 11.8 Å². The predicted octanol–water partition coefficient (Wildman–Crippen LogP) is 2.71. The molecule has 6 heteroatoms. The quantitative estimate of drug-likeness (QED) is 0.809. The summed E-state index contributed by atoms with van der Waals surface area (Å²) < 4.78 is 27.9. The summed E-state index contributed by atoms with van der Waals surface area (Å²) >= 11 is 1.32. The Hall–Kier alpha value is -0.430. The summed E-state index contributed by atoms with van der Waals surface area (Å²) in [6.07, 6.45) is 6.09. The highest BCUT2D eigenvalue weighted by Gasteiger charge is 2.26. The van der Waals surface area contributed by atoms with Crippen molar-refractivity contribution >= 4 is 21.4 Å². The van der Waals surface area contributed by atoms with Crippen LogP contribution >= 0.6 is 11.3 Å². The molecular formula is C15H24N2O2S2. The van der Waals surface area contributed by atoms with Crippen molar-refractivity contribution in [3.05, 3.63) is 17.0 Å². The van der Waals surface area contributed by atoms with Crippen molar-refractivity contribution < 1.29 is 8.42 Å². The fraction of sp³-hybridized carbons (Fsp3) is 0.733. The summed E-state index contributed by atoms with van der Waals surface area (Å²) in [6.45, 7) is 3.58. The van der Waals surface area contributed by atoms with Gasteiger partial charge in [0.05, 0.1) is 0 Å². The van der Waals surface area contributed by atoms with Crippen LogP contribution in [0.2, 0.25) is 0 Å². The summed E-state index contributed by atoms with van der Waals surface area (Å²) in [5.41, 5.74) is 1.07. The van der Waals surface area contributed by atoms with Gasteiger partial charge < -0.3 is 5.32 Å². The van der Waals surface area contributed by atoms with E-state index >= 15 is 0 Å². The second-order valence-corrected chi connectivity index (χ2v) is 9.35. The number of rotatable bonds is 7. The zero-order valence-corrected chi connectivity index (χ0v) is 14.1. The Morgan fingerprint density at radius 3 is 2.76 bits per heavy atom. The summed E-state index contributed by atoms with van der Waals surface area (Å²) in [4.78, 5) is 0. The SMILES string of the molecule is CC1CCCC1CNS(=O)(=O)c1cc(CNC2CC2)cs1. The number of nitrogens with one attached hydrogen (secondary N) is 2. The van der Waals surface area contributed by atoms with Crippen LogP contribution in [0.4, 0.5) is 0 Å². The number of thiophene rings is 1. The molecule has 2 N–H and O–H groups in total. The molecular weight excluding hydrogens is 304 g/mol. The van der Waals surface area contributed by atoms with Crippen molar-refractivity contribution in [1.82, 2.24) is 10.0 Å². The molecule has 2 aliphatic carbocycles. The van der Waals surface area contributed by atoms with Gasteiger partial charge in [-0.15, -0.1) is 11.3 Å². The van der Waals surface area contributed by atoms with Crippen molar-refractivity contribution in [2.75, 3.05) is 6.54 Å². The highest BCUT2D eigenvalue weighted by atomic mass is 32.2. The zero-order valence-electron chi connectivity index (χ0n) is 12.5. The largest absolute Gasteiger partial charge is 0.310 e. The van der Waals surface area contributed by atoms with E-state index in [4.69, 9.17) is 0 Å². The van der Waals surface area contributed by atoms with Gasteiger partial charge in [-0.3, -0.25) is 0 Å². The van der Waals surface area contributed by atoms with Crippen LogP contribution in [0.3, 0.4) is 0 Å². The number of hydrogen-bond donors (Lipinski definition) is 2. The number of hydrogen-bond acceptors (Lipinski definition) is 4. The molecule has 2 unspecified atom stereocenters. The minimum absolute atomic E-state index is 0.445. The molecule has 0 radical (unpaired) electrons. The Bertz CT molecular complexity index is 578. The maximum Gasteiger partial charge on any atom is 0.250 e. The maximum absolute atomic E-state index is 12.3. The predicted molar refractivity (Wildman–Crippen MR) is 85.9 cm³/mol. The molecule has 0 bridgehead atoms. The molecule has 21 heavy (non-hydrogen) atoms. The molecule has 0 amide bonds. The Morgan fingerprint density at radius 1 is 1.29 bits per heavy atom. The molecule has 118 valence electrons. The van der Waals surface area contributed by atoms with Gasteiger partial charge in [0.1, 0.15) is 4.21 Å². The molecule has 0 aliphatic heterocycles. The number of sulfonamides is 1. The smallest absolute Gasteiger partial charge is 0.250 e. The molecule has 0 saturated heterocycles. The van der Waals surface area contributed by atoms with E-state index in [1.54, 1.807) is 6.07 Å². The van der Waals surface area contributed by atoms with Crippen LogP contribution in [0.1, 0.15) is 44.6 Å². The third-order valence-electron chi connectivity index (χ3n) is 4.64. The van der Waals surface area contributed by atoms with Crippen molar-refractivity contribution in [2.45, 2.75) is 55.8 Å². The van der Waals surface area contributed by atoms with Gasteiger partial charge in [0.2, 0.25) is 10.0 Å². The molecule has 1 heterocycles. The van der Waals surface area contributed by atoms with E-state index in [1.165, 1.54) is 37.0 Å². The molecule has 2 saturated carbocycles. The van der Waals surface area contributed by atoms with Crippen molar-refractivity contribution in [3.8, 4) is 0 Å². The van der Waals surface area contributed by atoms with Gasteiger partial charge >= 0.3 is 0 Å². The highest BCUT2D eigenvalue weighted by Crippen LogP contribution is 2.31. The van der Waals surface area contributed by atoms with Crippen LogP contribution in [-0.2, 0) is 16.6 Å². The molecule has 0 aromatic carbocycles. The standard InChI is InChI=1S/C15H24N2O2S2/c1-11-3-2-4-13(11)9-17-21(18,19)15-7-12(10-20-15)8-16-14-5-6-14/h7,10-11,13-14,16-17H,2-6,8-9H2,1H3. The van der Waals surface area contributed by atoms with E-state index in [9.17, 15) is 8.42 Å². The summed E-state index contributed by atoms with van der Waals surface area (Å²) in [5.74, 6) is 1.13. The van der Waals surface area contributed by atoms with Gasteiger partial charge in [-0.2, -0.15) is 0 Å². The van der Waals surface area contributed by atoms with Crippen molar-refractivity contribution in [1.29, 1.82) is 0 Å². The fourth-order valence-corrected chi connectivity index (χ4v) is 5.30. The summed E-state index contributed by atoms with van der Waals surface area (Å²) in [6, 6.07) is 2.45. The molecule has 2 aliphatic rings. The lowest BCUT2D eigenvalue weighted by molar-refractivity contribution is 0.414. The van der Waals surface area contributed by atoms with Gasteiger partial charge in [0.15, 0.2) is 0 Å². The molecule has 3 rings (SSSR count). The van der Waals surface area contributed by atoms with Gasteiger partial charge in [-0.1, -0.05) is 19.8 Å². The molecule has 4 nitrogen and oxygen atoms in total. The van der Waals surface area contributed by atoms with Gasteiger partial charge in [0.25, 0.3) is 0 Å². The van der Waals surface area contributed by atoms with Crippen LogP contribution < -0.4 is 10.0 Å². The van der Waals surface area contributed by atoms with E-state index in [1.807, 2.05) is 5.38 Å². The molecule has 1 aromatic rings. The van der Waals surface area contributed by atoms with E-state index in [-0.39, 0.29) is 0 Å². The minimum Gasteiger partial charge on any atom is -0.310 e. The normalized spacial score (nSPS) is 26.3. The first-order chi connectivity index (χ1) is 10.0. The topological polar surface area (TPSA) is 58.2 Å². The lowest BCUT2D eigenvalue weighted by Gasteiger charge is -2.15. The lowest BCUT2D eigenvalue weighted by Crippen LogP contribution is -2.29. The minimum atomic E-state index is -3.33. The van der Waals surface area contributed by atoms with Crippen LogP contribution in [-0.4, -0.2) is 21.0 Å². The third kappa shape index (κ3) is 4.06. The van der Waals surface area contributed by atoms with E-state index in [0.29, 0.717) is 28.6 Å². The van der Waals surface area contributed by atoms with Crippen LogP contribution in [0.5, 0.6) is 0 Å². The molecule has 0 spiro atoms. The fourth-order valence-electron chi connectivity index (χ4n) is 2.95. The summed E-state index contributed by atoms with van der Waals surface area (Å²) in [7, 11) is -3.33. The van der Waals surface area contributed by atoms with Gasteiger partial charge in [0, 0.05) is 19.1 Å². The van der Waals surface area contributed by atoms with Crippen molar-refractivity contribution in [2.24, 2.45) is 11.8 Å². The van der Waals surface area contributed by atoms with Gasteiger partial charge in [-0.25, -0.2) is 13.1 Å². The first-order valence-electron chi connectivity index (χ1n) is 7.85. The Morgan fingerprint density at radius 2 is 2.10 bits per heavy atom. The Balaban J connectivity index is 1.55. The summed E-state index contributed by atoms with van der Waals surface area (Å²) in [5, 5.41) is 5.36. The van der Waals surface area contributed by atoms with E-state index in [2.05, 4.69) is 17.0 Å². The Kier molecular flexibility index (Phi) is 4.69. The first kappa shape index (κ1) is 15.5. The molecule has 1 aromatic heterocycles. The lowest BCUT2D eigenvalue weighted by atomic mass is 9.99. The zero-order chi connectivity index (χ0) is 14.9. The van der Waals surface area contributed by atoms with Gasteiger partial charge in [-0.05, 0) is 48.1 Å². The maximum atomic E-state index is 12.3. The van der Waals surface area contributed by atoms with E-state index < -0.39 is 10.0 Å². The second-order valence-electron chi connectivity index (χ2n) is 6.45. The third-order valence-corrected chi connectivity index (χ3v) is 7.55. The van der Waals surface area contributed by atoms with E-state index in [0.717, 1.165) is 18.5 Å². The monoisotopic (exact) mass is 328 g/mol. The Labute approximate surface area is 131 Å².